The van der Waals surface area contributed by atoms with E-state index in [1.54, 1.807) is 0 Å². The van der Waals surface area contributed by atoms with E-state index < -0.39 is 36.4 Å². The van der Waals surface area contributed by atoms with Crippen molar-refractivity contribution in [2.24, 2.45) is 0 Å². The number of fused-ring (bicyclic) bond motifs is 9. The number of ketones is 1. The van der Waals surface area contributed by atoms with Crippen molar-refractivity contribution in [2.45, 2.75) is 96.8 Å². The van der Waals surface area contributed by atoms with Gasteiger partial charge in [-0.05, 0) is 122 Å². The van der Waals surface area contributed by atoms with Crippen LogP contribution in [0, 0.1) is 0 Å². The van der Waals surface area contributed by atoms with Gasteiger partial charge in [0.05, 0.1) is 53.3 Å². The Morgan fingerprint density at radius 1 is 0.306 bits per heavy atom. The van der Waals surface area contributed by atoms with Gasteiger partial charge in [-0.1, -0.05) is 283 Å². The first kappa shape index (κ1) is 80.5. The number of carbonyl (C=O) groups excluding carboxylic acids is 1. The van der Waals surface area contributed by atoms with Gasteiger partial charge in [0.1, 0.15) is 0 Å². The third-order valence-electron chi connectivity index (χ3n) is 18.5. The summed E-state index contributed by atoms with van der Waals surface area (Å²) in [7, 11) is -10.3. The van der Waals surface area contributed by atoms with E-state index in [0.29, 0.717) is 19.3 Å². The van der Waals surface area contributed by atoms with Crippen LogP contribution in [0.1, 0.15) is 55.8 Å². The summed E-state index contributed by atoms with van der Waals surface area (Å²) >= 11 is 0. The molecule has 15 aromatic rings. The fourth-order valence-electron chi connectivity index (χ4n) is 13.2. The average molecular weight is 1590 g/mol. The monoisotopic (exact) mass is 1590 g/mol. The van der Waals surface area contributed by atoms with Gasteiger partial charge in [-0.25, -0.2) is 16.8 Å². The normalized spacial score (nSPS) is 11.5. The zero-order chi connectivity index (χ0) is 75.6. The predicted molar refractivity (Wildman–Crippen MR) is 447 cm³/mol. The number of hydrogen-bond acceptors (Lipinski definition) is 13. The van der Waals surface area contributed by atoms with Gasteiger partial charge in [0.15, 0.2) is 5.78 Å². The van der Waals surface area contributed by atoms with Crippen molar-refractivity contribution in [1.29, 1.82) is 0 Å². The summed E-state index contributed by atoms with van der Waals surface area (Å²) in [5.74, 6) is -0.174. The fourth-order valence-corrected chi connectivity index (χ4v) is 17.1. The van der Waals surface area contributed by atoms with E-state index in [4.69, 9.17) is 9.97 Å². The summed E-state index contributed by atoms with van der Waals surface area (Å²) < 4.78 is 61.1. The molecule has 548 valence electrons. The molecule has 0 saturated heterocycles. The third-order valence-corrected chi connectivity index (χ3v) is 23.7. The van der Waals surface area contributed by atoms with E-state index in [2.05, 4.69) is 254 Å². The minimum absolute atomic E-state index is 0. The van der Waals surface area contributed by atoms with Crippen LogP contribution in [0.5, 0.6) is 0 Å². The van der Waals surface area contributed by atoms with Crippen molar-refractivity contribution >= 4 is 108 Å². The molecule has 13 nitrogen and oxygen atoms in total. The van der Waals surface area contributed by atoms with E-state index in [1.807, 2.05) is 97.8 Å². The molecule has 0 saturated carbocycles. The first-order valence-corrected chi connectivity index (χ1v) is 46.8. The molecule has 18 heteroatoms. The molecule has 0 atom stereocenters. The van der Waals surface area contributed by atoms with Gasteiger partial charge >= 0.3 is 19.5 Å². The Balaban J connectivity index is 0.000000152. The van der Waals surface area contributed by atoms with Crippen molar-refractivity contribution in [3.63, 3.8) is 0 Å². The van der Waals surface area contributed by atoms with Crippen molar-refractivity contribution in [2.75, 3.05) is 11.5 Å². The Kier molecular flexibility index (Phi) is 27.7. The van der Waals surface area contributed by atoms with Crippen LogP contribution in [0.3, 0.4) is 0 Å². The van der Waals surface area contributed by atoms with Crippen LogP contribution in [0.2, 0.25) is 51.4 Å². The predicted octanol–water partition coefficient (Wildman–Crippen LogP) is 22.6. The first-order valence-electron chi connectivity index (χ1n) is 36.3. The summed E-state index contributed by atoms with van der Waals surface area (Å²) in [6.45, 7) is 15.1. The van der Waals surface area contributed by atoms with E-state index in [0.717, 1.165) is 119 Å². The van der Waals surface area contributed by atoms with Crippen molar-refractivity contribution in [3.05, 3.63) is 291 Å². The Morgan fingerprint density at radius 3 is 0.731 bits per heavy atom. The Morgan fingerprint density at radius 2 is 0.528 bits per heavy atom. The molecule has 0 aliphatic rings. The minimum Gasteiger partial charge on any atom is -0.748 e. The number of aromatic nitrogens is 6. The van der Waals surface area contributed by atoms with Gasteiger partial charge in [-0.3, -0.25) is 34.7 Å². The van der Waals surface area contributed by atoms with Gasteiger partial charge < -0.3 is 9.11 Å². The molecule has 0 bridgehead atoms. The number of unbranched alkanes of at least 4 members (excludes halogenated alkanes) is 2. The quantitative estimate of drug-likeness (QED) is 0.0243. The fraction of sp³-hybridized carbons (Fsp3) is 0.189. The Labute approximate surface area is 649 Å². The average Bonchev–Trinajstić information content (AvgIpc) is 0.770. The van der Waals surface area contributed by atoms with Gasteiger partial charge in [-0.15, -0.1) is 0 Å². The molecular weight excluding hydrogens is 1500 g/mol. The standard InChI is InChI=1S/C30H26N2O.2C24H16N2.2C6H16O3SSi.Ru/c1-2-3-5-10-28(33)23-13-11-22(12-14-23)25-18-20-32-30-27(25)16-15-26-24(17-19-31-29(26)30)21-8-6-4-7-9-21;2*1-3-7-17(8-4-1)19-13-15-25-23-21(19)11-12-22-20(14-16-26-24(22)23)18-9-5-2-6-10-18;2*1-11(2,3)6-4-5-10(7,8)9;/h4,6-9,11-20H,2-3,5,10H2,1H3;2*1-16H;2*4-6H2,1-3H3,(H,7,8,9);/q;;;;;+2/p-2. The zero-order valence-electron chi connectivity index (χ0n) is 61.9. The van der Waals surface area contributed by atoms with Crippen molar-refractivity contribution in [3.8, 4) is 66.8 Å². The molecule has 15 rings (SSSR count). The van der Waals surface area contributed by atoms with E-state index in [-0.39, 0.29) is 36.8 Å². The second kappa shape index (κ2) is 37.2. The largest absolute Gasteiger partial charge is 2.00 e. The number of hydrogen-bond donors (Lipinski definition) is 0. The van der Waals surface area contributed by atoms with E-state index in [1.165, 1.54) is 50.1 Å². The van der Waals surface area contributed by atoms with Gasteiger partial charge in [0, 0.05) is 109 Å². The van der Waals surface area contributed by atoms with Gasteiger partial charge in [-0.2, -0.15) is 0 Å². The molecule has 0 spiro atoms. The van der Waals surface area contributed by atoms with Crippen LogP contribution in [-0.4, -0.2) is 89.3 Å². The topological polar surface area (TPSA) is 209 Å². The summed E-state index contributed by atoms with van der Waals surface area (Å²) in [4.78, 5) is 40.5. The molecule has 0 N–H and O–H groups in total. The molecule has 9 aromatic carbocycles. The van der Waals surface area contributed by atoms with Crippen molar-refractivity contribution in [1.82, 2.24) is 29.9 Å². The third kappa shape index (κ3) is 21.7. The second-order valence-corrected chi connectivity index (χ2v) is 43.2. The number of carbonyl (C=O) groups is 1. The van der Waals surface area contributed by atoms with Gasteiger partial charge in [0.2, 0.25) is 0 Å². The molecule has 0 aliphatic carbocycles. The molecule has 0 radical (unpaired) electrons. The van der Waals surface area contributed by atoms with Crippen LogP contribution < -0.4 is 0 Å². The maximum Gasteiger partial charge on any atom is 2.00 e. The van der Waals surface area contributed by atoms with Crippen LogP contribution >= 0.6 is 0 Å². The van der Waals surface area contributed by atoms with Crippen molar-refractivity contribution < 1.29 is 50.2 Å². The maximum atomic E-state index is 12.5. The number of pyridine rings is 6. The van der Waals surface area contributed by atoms with Crippen LogP contribution in [0.25, 0.3) is 132 Å². The summed E-state index contributed by atoms with van der Waals surface area (Å²) in [6, 6.07) is 87.2. The van der Waals surface area contributed by atoms with Crippen LogP contribution in [0.4, 0.5) is 0 Å². The number of Topliss-reactive ketones (excluding diaryl/α,β-unsaturated/α-hetero) is 1. The SMILES string of the molecule is CCCCCC(=O)c1ccc(-c2ccnc3c2ccc2c(-c4ccccc4)ccnc23)cc1.C[Si](C)(C)CCCS(=O)(=O)[O-].C[Si](C)(C)CCCS(=O)(=O)[O-].[Ru+2].c1ccc(-c2ccnc3c2ccc2c(-c4ccccc4)ccnc23)cc1.c1ccc(-c2ccnc3c2ccc2c(-c4ccccc4)ccnc23)cc1. The smallest absolute Gasteiger partial charge is 0.748 e. The molecule has 108 heavy (non-hydrogen) atoms. The number of benzene rings is 9. The molecule has 6 heterocycles. The zero-order valence-corrected chi connectivity index (χ0v) is 67.3. The van der Waals surface area contributed by atoms with Crippen LogP contribution in [0.15, 0.2) is 286 Å². The van der Waals surface area contributed by atoms with Gasteiger partial charge in [0.25, 0.3) is 0 Å². The van der Waals surface area contributed by atoms with E-state index >= 15 is 0 Å². The summed E-state index contributed by atoms with van der Waals surface area (Å²) in [6.07, 6.45) is 16.1. The molecule has 0 amide bonds. The molecule has 0 fully saturated rings. The number of rotatable bonds is 19. The molecule has 6 aromatic heterocycles. The molecule has 0 aliphatic heterocycles. The molecular formula is C90H88N6O7RuS2Si2. The van der Waals surface area contributed by atoms with Crippen LogP contribution in [-0.2, 0) is 39.7 Å². The summed E-state index contributed by atoms with van der Waals surface area (Å²) in [5.41, 5.74) is 20.4. The number of nitrogens with zero attached hydrogens (tertiary/aromatic N) is 6. The molecule has 0 unspecified atom stereocenters. The first-order chi connectivity index (χ1) is 51.5. The Hall–Kier alpha value is -10.0. The second-order valence-electron chi connectivity index (χ2n) is 28.9. The maximum absolute atomic E-state index is 12.5. The summed E-state index contributed by atoms with van der Waals surface area (Å²) in [5, 5.41) is 6.67. The van der Waals surface area contributed by atoms with E-state index in [9.17, 15) is 30.7 Å². The Bertz CT molecular complexity index is 5330. The minimum atomic E-state index is -3.97.